The summed E-state index contributed by atoms with van der Waals surface area (Å²) in [5, 5.41) is 2.97. The van der Waals surface area contributed by atoms with E-state index in [0.717, 1.165) is 28.6 Å². The highest BCUT2D eigenvalue weighted by atomic mass is 79.9. The second-order valence-corrected chi connectivity index (χ2v) is 5.05. The highest BCUT2D eigenvalue weighted by molar-refractivity contribution is 9.10. The van der Waals surface area contributed by atoms with Crippen LogP contribution >= 0.6 is 15.9 Å². The average molecular weight is 283 g/mol. The van der Waals surface area contributed by atoms with E-state index in [1.54, 1.807) is 6.20 Å². The maximum Gasteiger partial charge on any atom is 0.246 e. The summed E-state index contributed by atoms with van der Waals surface area (Å²) in [6.45, 7) is 0.146. The van der Waals surface area contributed by atoms with Crippen LogP contribution in [-0.4, -0.2) is 23.5 Å². The maximum absolute atomic E-state index is 11.2. The molecule has 3 rings (SSSR count). The van der Waals surface area contributed by atoms with Crippen LogP contribution in [0.4, 0.5) is 0 Å². The van der Waals surface area contributed by atoms with Gasteiger partial charge in [-0.2, -0.15) is 0 Å². The Morgan fingerprint density at radius 3 is 3.31 bits per heavy atom. The molecule has 1 saturated heterocycles. The summed E-state index contributed by atoms with van der Waals surface area (Å²) in [6.07, 6.45) is 3.57. The number of rotatable bonds is 0. The van der Waals surface area contributed by atoms with Gasteiger partial charge in [0.05, 0.1) is 6.04 Å². The van der Waals surface area contributed by atoms with Crippen molar-refractivity contribution in [3.05, 3.63) is 28.0 Å². The fourth-order valence-corrected chi connectivity index (χ4v) is 2.72. The second kappa shape index (κ2) is 3.82. The predicted octanol–water partition coefficient (Wildman–Crippen LogP) is 1.35. The third-order valence-electron chi connectivity index (χ3n) is 3.07. The van der Waals surface area contributed by atoms with Gasteiger partial charge >= 0.3 is 0 Å². The van der Waals surface area contributed by atoms with E-state index < -0.39 is 0 Å². The molecule has 1 aromatic rings. The van der Waals surface area contributed by atoms with Crippen LogP contribution in [0.25, 0.3) is 0 Å². The van der Waals surface area contributed by atoms with Gasteiger partial charge in [-0.1, -0.05) is 0 Å². The first-order chi connectivity index (χ1) is 7.74. The molecule has 1 aromatic heterocycles. The molecular weight excluding hydrogens is 272 g/mol. The molecule has 2 aliphatic rings. The van der Waals surface area contributed by atoms with E-state index in [9.17, 15) is 4.79 Å². The second-order valence-electron chi connectivity index (χ2n) is 4.13. The number of aryl methyl sites for hydroxylation is 1. The van der Waals surface area contributed by atoms with Crippen LogP contribution in [0.5, 0.6) is 0 Å². The monoisotopic (exact) mass is 282 g/mol. The summed E-state index contributed by atoms with van der Waals surface area (Å²) in [4.78, 5) is 15.6. The molecule has 0 spiro atoms. The minimum atomic E-state index is -0.0357. The SMILES string of the molecule is O=C1CO[C@H]2c3cc(Br)cnc3CC[C@H]2N1. The zero-order chi connectivity index (χ0) is 11.1. The van der Waals surface area contributed by atoms with Crippen molar-refractivity contribution in [1.82, 2.24) is 10.3 Å². The fourth-order valence-electron chi connectivity index (χ4n) is 2.37. The summed E-state index contributed by atoms with van der Waals surface area (Å²) in [5.41, 5.74) is 2.19. The van der Waals surface area contributed by atoms with Crippen LogP contribution in [0.3, 0.4) is 0 Å². The lowest BCUT2D eigenvalue weighted by molar-refractivity contribution is -0.138. The number of fused-ring (bicyclic) bond motifs is 3. The highest BCUT2D eigenvalue weighted by Crippen LogP contribution is 2.34. The molecule has 16 heavy (non-hydrogen) atoms. The van der Waals surface area contributed by atoms with Crippen LogP contribution < -0.4 is 5.32 Å². The largest absolute Gasteiger partial charge is 0.361 e. The third kappa shape index (κ3) is 1.64. The van der Waals surface area contributed by atoms with E-state index in [0.29, 0.717) is 0 Å². The molecule has 1 amide bonds. The maximum atomic E-state index is 11.2. The molecule has 1 N–H and O–H groups in total. The number of amides is 1. The number of halogens is 1. The van der Waals surface area contributed by atoms with Gasteiger partial charge in [-0.15, -0.1) is 0 Å². The van der Waals surface area contributed by atoms with Crippen molar-refractivity contribution >= 4 is 21.8 Å². The Morgan fingerprint density at radius 2 is 2.44 bits per heavy atom. The quantitative estimate of drug-likeness (QED) is 0.782. The zero-order valence-corrected chi connectivity index (χ0v) is 10.2. The molecule has 1 aliphatic carbocycles. The Balaban J connectivity index is 1.99. The van der Waals surface area contributed by atoms with Crippen LogP contribution in [0.1, 0.15) is 23.8 Å². The number of hydrogen-bond acceptors (Lipinski definition) is 3. The minimum absolute atomic E-state index is 0.0207. The Labute approximate surface area is 102 Å². The molecule has 0 bridgehead atoms. The molecule has 1 fully saturated rings. The van der Waals surface area contributed by atoms with Crippen LogP contribution in [-0.2, 0) is 16.0 Å². The van der Waals surface area contributed by atoms with E-state index in [2.05, 4.69) is 26.2 Å². The number of carbonyl (C=O) groups excluding carboxylic acids is 1. The molecule has 2 heterocycles. The first-order valence-corrected chi connectivity index (χ1v) is 6.08. The zero-order valence-electron chi connectivity index (χ0n) is 8.57. The summed E-state index contributed by atoms with van der Waals surface area (Å²) in [6, 6.07) is 2.14. The molecule has 2 atom stereocenters. The van der Waals surface area contributed by atoms with Crippen LogP contribution in [0, 0.1) is 0 Å². The number of ether oxygens (including phenoxy) is 1. The molecule has 0 aromatic carbocycles. The van der Waals surface area contributed by atoms with Crippen molar-refractivity contribution in [1.29, 1.82) is 0 Å². The molecule has 0 saturated carbocycles. The summed E-state index contributed by atoms with van der Waals surface area (Å²) < 4.78 is 6.55. The number of pyridine rings is 1. The van der Waals surface area contributed by atoms with E-state index in [-0.39, 0.29) is 24.7 Å². The topological polar surface area (TPSA) is 51.2 Å². The van der Waals surface area contributed by atoms with Crippen molar-refractivity contribution in [3.63, 3.8) is 0 Å². The van der Waals surface area contributed by atoms with Gasteiger partial charge in [0.2, 0.25) is 5.91 Å². The standard InChI is InChI=1S/C11H11BrN2O2/c12-6-3-7-8(13-4-6)1-2-9-11(7)16-5-10(15)14-9/h3-4,9,11H,1-2,5H2,(H,14,15)/t9-,11+/m1/s1. The van der Waals surface area contributed by atoms with Crippen LogP contribution in [0.15, 0.2) is 16.7 Å². The first kappa shape index (κ1) is 10.2. The minimum Gasteiger partial charge on any atom is -0.361 e. The van der Waals surface area contributed by atoms with Gasteiger partial charge in [-0.25, -0.2) is 0 Å². The normalized spacial score (nSPS) is 27.9. The number of nitrogens with one attached hydrogen (secondary N) is 1. The Bertz CT molecular complexity index is 450. The van der Waals surface area contributed by atoms with Gasteiger partial charge in [0.1, 0.15) is 12.7 Å². The predicted molar refractivity (Wildman–Crippen MR) is 60.9 cm³/mol. The number of aromatic nitrogens is 1. The average Bonchev–Trinajstić information content (AvgIpc) is 2.28. The summed E-state index contributed by atoms with van der Waals surface area (Å²) in [5.74, 6) is -0.0207. The van der Waals surface area contributed by atoms with Gasteiger partial charge in [0.25, 0.3) is 0 Å². The Kier molecular flexibility index (Phi) is 2.44. The van der Waals surface area contributed by atoms with Gasteiger partial charge in [0, 0.05) is 21.9 Å². The fraction of sp³-hybridized carbons (Fsp3) is 0.455. The number of carbonyl (C=O) groups is 1. The molecule has 1 aliphatic heterocycles. The summed E-state index contributed by atoms with van der Waals surface area (Å²) >= 11 is 3.41. The Hall–Kier alpha value is -0.940. The lowest BCUT2D eigenvalue weighted by Gasteiger charge is -2.36. The molecule has 84 valence electrons. The smallest absolute Gasteiger partial charge is 0.246 e. The molecule has 5 heteroatoms. The van der Waals surface area contributed by atoms with Crippen molar-refractivity contribution in [3.8, 4) is 0 Å². The van der Waals surface area contributed by atoms with Crippen molar-refractivity contribution in [2.75, 3.05) is 6.61 Å². The molecular formula is C11H11BrN2O2. The lowest BCUT2D eigenvalue weighted by atomic mass is 9.88. The van der Waals surface area contributed by atoms with E-state index in [4.69, 9.17) is 4.74 Å². The molecule has 0 radical (unpaired) electrons. The van der Waals surface area contributed by atoms with E-state index >= 15 is 0 Å². The third-order valence-corrected chi connectivity index (χ3v) is 3.51. The Morgan fingerprint density at radius 1 is 1.56 bits per heavy atom. The van der Waals surface area contributed by atoms with Gasteiger partial charge < -0.3 is 10.1 Å². The van der Waals surface area contributed by atoms with Crippen molar-refractivity contribution < 1.29 is 9.53 Å². The van der Waals surface area contributed by atoms with Gasteiger partial charge in [-0.05, 0) is 34.8 Å². The van der Waals surface area contributed by atoms with E-state index in [1.165, 1.54) is 0 Å². The van der Waals surface area contributed by atoms with Gasteiger partial charge in [0.15, 0.2) is 0 Å². The van der Waals surface area contributed by atoms with Crippen molar-refractivity contribution in [2.24, 2.45) is 0 Å². The summed E-state index contributed by atoms with van der Waals surface area (Å²) in [7, 11) is 0. The molecule has 4 nitrogen and oxygen atoms in total. The highest BCUT2D eigenvalue weighted by Gasteiger charge is 2.35. The van der Waals surface area contributed by atoms with Crippen molar-refractivity contribution in [2.45, 2.75) is 25.0 Å². The molecule has 0 unspecified atom stereocenters. The number of nitrogens with zero attached hydrogens (tertiary/aromatic N) is 1. The number of hydrogen-bond donors (Lipinski definition) is 1. The first-order valence-electron chi connectivity index (χ1n) is 5.29. The number of morpholine rings is 1. The van der Waals surface area contributed by atoms with Gasteiger partial charge in [-0.3, -0.25) is 9.78 Å². The lowest BCUT2D eigenvalue weighted by Crippen LogP contribution is -2.49. The van der Waals surface area contributed by atoms with Crippen LogP contribution in [0.2, 0.25) is 0 Å². The van der Waals surface area contributed by atoms with E-state index in [1.807, 2.05) is 6.07 Å².